The summed E-state index contributed by atoms with van der Waals surface area (Å²) < 4.78 is 18.0. The van der Waals surface area contributed by atoms with Crippen LogP contribution in [0.2, 0.25) is 0 Å². The summed E-state index contributed by atoms with van der Waals surface area (Å²) in [6.07, 6.45) is 0.939. The van der Waals surface area contributed by atoms with Crippen molar-refractivity contribution in [2.75, 3.05) is 31.2 Å². The zero-order valence-electron chi connectivity index (χ0n) is 16.8. The van der Waals surface area contributed by atoms with Gasteiger partial charge < -0.3 is 29.9 Å². The summed E-state index contributed by atoms with van der Waals surface area (Å²) in [6.45, 7) is 3.44. The van der Waals surface area contributed by atoms with E-state index in [0.717, 1.165) is 0 Å². The van der Waals surface area contributed by atoms with Crippen molar-refractivity contribution < 1.29 is 23.7 Å². The van der Waals surface area contributed by atoms with Crippen molar-refractivity contribution >= 4 is 49.0 Å². The average Bonchev–Trinajstić information content (AvgIpc) is 3.26. The van der Waals surface area contributed by atoms with E-state index in [4.69, 9.17) is 31.3 Å². The molecule has 1 aliphatic rings. The monoisotopic (exact) mass is 461 g/mol. The van der Waals surface area contributed by atoms with Gasteiger partial charge >= 0.3 is 5.97 Å². The van der Waals surface area contributed by atoms with E-state index in [0.29, 0.717) is 23.4 Å². The first-order chi connectivity index (χ1) is 14.3. The SMILES string of the molecule is CNc1nc(N)nc2c1ncn2C1OC(COP(O)NCC(=O)OC(C)C)CC1Cl. The molecule has 166 valence electrons. The number of ether oxygens (including phenoxy) is 2. The van der Waals surface area contributed by atoms with Crippen LogP contribution >= 0.6 is 20.1 Å². The first-order valence-electron chi connectivity index (χ1n) is 9.30. The van der Waals surface area contributed by atoms with E-state index in [9.17, 15) is 9.69 Å². The maximum absolute atomic E-state index is 11.5. The highest BCUT2D eigenvalue weighted by Crippen LogP contribution is 2.37. The zero-order chi connectivity index (χ0) is 21.8. The average molecular weight is 462 g/mol. The molecule has 3 rings (SSSR count). The number of fused-ring (bicyclic) bond motifs is 1. The summed E-state index contributed by atoms with van der Waals surface area (Å²) in [5.74, 6) is 0.140. The van der Waals surface area contributed by atoms with E-state index in [1.807, 2.05) is 0 Å². The lowest BCUT2D eigenvalue weighted by atomic mass is 10.2. The Hall–Kier alpha value is -1.82. The molecule has 4 atom stereocenters. The van der Waals surface area contributed by atoms with Gasteiger partial charge in [-0.3, -0.25) is 9.36 Å². The van der Waals surface area contributed by atoms with Crippen LogP contribution in [-0.4, -0.2) is 68.2 Å². The predicted octanol–water partition coefficient (Wildman–Crippen LogP) is 1.12. The van der Waals surface area contributed by atoms with Crippen molar-refractivity contribution in [3.05, 3.63) is 6.33 Å². The molecule has 0 bridgehead atoms. The Labute approximate surface area is 179 Å². The standard InChI is InChI=1S/C16H25ClN7O5P/c1-8(2)28-11(25)5-21-30(26)27-6-9-4-10(17)15(29-9)24-7-20-12-13(19-3)22-16(18)23-14(12)24/h7-10,15,21,26H,4-6H2,1-3H3,(H3,18,19,22,23). The maximum Gasteiger partial charge on any atom is 0.320 e. The number of anilines is 2. The van der Waals surface area contributed by atoms with E-state index < -0.39 is 20.7 Å². The maximum atomic E-state index is 11.5. The van der Waals surface area contributed by atoms with Gasteiger partial charge in [-0.2, -0.15) is 9.97 Å². The van der Waals surface area contributed by atoms with Crippen molar-refractivity contribution in [3.8, 4) is 0 Å². The number of esters is 1. The minimum atomic E-state index is -2.01. The van der Waals surface area contributed by atoms with Gasteiger partial charge in [0.15, 0.2) is 23.2 Å². The molecule has 1 saturated heterocycles. The van der Waals surface area contributed by atoms with Crippen molar-refractivity contribution in [2.45, 2.75) is 44.1 Å². The lowest BCUT2D eigenvalue weighted by Gasteiger charge is -2.18. The normalized spacial score (nSPS) is 22.5. The first kappa shape index (κ1) is 22.9. The summed E-state index contributed by atoms with van der Waals surface area (Å²) in [5, 5.41) is 5.15. The van der Waals surface area contributed by atoms with Gasteiger partial charge in [-0.1, -0.05) is 0 Å². The van der Waals surface area contributed by atoms with Gasteiger partial charge in [0.25, 0.3) is 8.53 Å². The minimum absolute atomic E-state index is 0.0969. The van der Waals surface area contributed by atoms with Gasteiger partial charge in [-0.05, 0) is 20.3 Å². The number of alkyl halides is 1. The Bertz CT molecular complexity index is 885. The number of nitrogen functional groups attached to an aromatic ring is 1. The summed E-state index contributed by atoms with van der Waals surface area (Å²) in [4.78, 5) is 34.1. The lowest BCUT2D eigenvalue weighted by Crippen LogP contribution is -2.25. The van der Waals surface area contributed by atoms with E-state index >= 15 is 0 Å². The molecule has 30 heavy (non-hydrogen) atoms. The Morgan fingerprint density at radius 3 is 3.00 bits per heavy atom. The topological polar surface area (TPSA) is 159 Å². The van der Waals surface area contributed by atoms with Crippen LogP contribution in [0.1, 0.15) is 26.5 Å². The molecule has 12 nitrogen and oxygen atoms in total. The second-order valence-electron chi connectivity index (χ2n) is 6.85. The molecule has 0 spiro atoms. The molecule has 0 amide bonds. The zero-order valence-corrected chi connectivity index (χ0v) is 18.4. The number of hydrogen-bond donors (Lipinski definition) is 4. The molecule has 4 unspecified atom stereocenters. The fraction of sp³-hybridized carbons (Fsp3) is 0.625. The van der Waals surface area contributed by atoms with Gasteiger partial charge in [0.05, 0.1) is 30.5 Å². The van der Waals surface area contributed by atoms with Crippen molar-refractivity contribution in [1.82, 2.24) is 24.6 Å². The fourth-order valence-corrected chi connectivity index (χ4v) is 4.03. The summed E-state index contributed by atoms with van der Waals surface area (Å²) in [6, 6.07) is 0. The third-order valence-electron chi connectivity index (χ3n) is 4.19. The van der Waals surface area contributed by atoms with Crippen LogP contribution in [0.15, 0.2) is 6.33 Å². The summed E-state index contributed by atoms with van der Waals surface area (Å²) in [7, 11) is -0.289. The van der Waals surface area contributed by atoms with Gasteiger partial charge in [0.2, 0.25) is 5.95 Å². The lowest BCUT2D eigenvalue weighted by molar-refractivity contribution is -0.145. The number of nitrogens with two attached hydrogens (primary N) is 1. The number of nitrogens with one attached hydrogen (secondary N) is 2. The molecule has 0 aromatic carbocycles. The van der Waals surface area contributed by atoms with Crippen molar-refractivity contribution in [3.63, 3.8) is 0 Å². The summed E-state index contributed by atoms with van der Waals surface area (Å²) in [5.41, 5.74) is 6.83. The van der Waals surface area contributed by atoms with Gasteiger partial charge in [-0.25, -0.2) is 10.1 Å². The van der Waals surface area contributed by atoms with Crippen molar-refractivity contribution in [2.24, 2.45) is 0 Å². The number of carbonyl (C=O) groups excluding carboxylic acids is 1. The first-order valence-corrected chi connectivity index (χ1v) is 11.0. The third kappa shape index (κ3) is 5.45. The third-order valence-corrected chi connectivity index (χ3v) is 5.40. The number of aromatic nitrogens is 4. The smallest absolute Gasteiger partial charge is 0.320 e. The van der Waals surface area contributed by atoms with Gasteiger partial charge in [0, 0.05) is 7.05 Å². The number of hydrogen-bond acceptors (Lipinski definition) is 11. The number of carbonyl (C=O) groups is 1. The summed E-state index contributed by atoms with van der Waals surface area (Å²) >= 11 is 6.49. The molecule has 5 N–H and O–H groups in total. The predicted molar refractivity (Wildman–Crippen MR) is 112 cm³/mol. The molecule has 14 heteroatoms. The largest absolute Gasteiger partial charge is 0.462 e. The quantitative estimate of drug-likeness (QED) is 0.241. The molecule has 2 aromatic rings. The molecular weight excluding hydrogens is 437 g/mol. The van der Waals surface area contributed by atoms with Gasteiger partial charge in [0.1, 0.15) is 6.54 Å². The van der Waals surface area contributed by atoms with Crippen LogP contribution in [0.3, 0.4) is 0 Å². The molecule has 0 aliphatic carbocycles. The van der Waals surface area contributed by atoms with E-state index in [1.165, 1.54) is 0 Å². The van der Waals surface area contributed by atoms with E-state index in [1.54, 1.807) is 31.8 Å². The molecule has 0 radical (unpaired) electrons. The number of rotatable bonds is 9. The Kier molecular flexibility index (Phi) is 7.61. The molecule has 0 saturated carbocycles. The Morgan fingerprint density at radius 2 is 2.30 bits per heavy atom. The Morgan fingerprint density at radius 1 is 1.53 bits per heavy atom. The van der Waals surface area contributed by atoms with Crippen molar-refractivity contribution in [1.29, 1.82) is 0 Å². The van der Waals surface area contributed by atoms with E-state index in [2.05, 4.69) is 25.4 Å². The van der Waals surface area contributed by atoms with Crippen LogP contribution in [-0.2, 0) is 18.8 Å². The number of nitrogens with zero attached hydrogens (tertiary/aromatic N) is 4. The molecular formula is C16H25ClN7O5P. The Balaban J connectivity index is 1.57. The fourth-order valence-electron chi connectivity index (χ4n) is 2.98. The highest BCUT2D eigenvalue weighted by Gasteiger charge is 2.37. The highest BCUT2D eigenvalue weighted by molar-refractivity contribution is 7.43. The van der Waals surface area contributed by atoms with Crippen LogP contribution in [0.5, 0.6) is 0 Å². The highest BCUT2D eigenvalue weighted by atomic mass is 35.5. The van der Waals surface area contributed by atoms with Crippen LogP contribution in [0.4, 0.5) is 11.8 Å². The van der Waals surface area contributed by atoms with Gasteiger partial charge in [-0.15, -0.1) is 11.6 Å². The molecule has 1 aliphatic heterocycles. The second-order valence-corrected chi connectivity index (χ2v) is 8.53. The molecule has 3 heterocycles. The number of halogens is 1. The second kappa shape index (κ2) is 9.99. The van der Waals surface area contributed by atoms with Crippen LogP contribution in [0.25, 0.3) is 11.2 Å². The van der Waals surface area contributed by atoms with Crippen LogP contribution < -0.4 is 16.1 Å². The van der Waals surface area contributed by atoms with Crippen LogP contribution in [0, 0.1) is 0 Å². The molecule has 2 aromatic heterocycles. The molecule has 1 fully saturated rings. The number of imidazole rings is 1. The minimum Gasteiger partial charge on any atom is -0.462 e. The van der Waals surface area contributed by atoms with E-state index in [-0.39, 0.29) is 36.7 Å².